The Kier molecular flexibility index (Phi) is 4.74. The van der Waals surface area contributed by atoms with Crippen molar-refractivity contribution in [2.24, 2.45) is 5.92 Å². The minimum atomic E-state index is -2.83. The van der Waals surface area contributed by atoms with Crippen molar-refractivity contribution in [3.8, 4) is 0 Å². The molecule has 130 valence electrons. The van der Waals surface area contributed by atoms with Crippen LogP contribution in [-0.4, -0.2) is 26.5 Å². The molecule has 2 aromatic carbocycles. The predicted molar refractivity (Wildman–Crippen MR) is 115 cm³/mol. The normalized spacial score (nSPS) is 22.8. The maximum atomic E-state index is 2.61. The van der Waals surface area contributed by atoms with E-state index in [4.69, 9.17) is 0 Å². The van der Waals surface area contributed by atoms with Crippen molar-refractivity contribution in [1.29, 1.82) is 0 Å². The molecule has 1 unspecified atom stereocenters. The molecule has 0 aromatic heterocycles. The van der Waals surface area contributed by atoms with Crippen molar-refractivity contribution >= 4 is 33.6 Å². The average Bonchev–Trinajstić information content (AvgIpc) is 3.00. The Morgan fingerprint density at radius 3 is 1.88 bits per heavy atom. The summed E-state index contributed by atoms with van der Waals surface area (Å²) >= 11 is -2.83. The Balaban J connectivity index is 2.02. The Hall–Kier alpha value is -0.804. The van der Waals surface area contributed by atoms with Gasteiger partial charge in [-0.15, -0.1) is 0 Å². The third-order valence-electron chi connectivity index (χ3n) is 6.33. The SMILES string of the molecule is C[Si](C)(C)[C]1=C2CCCCC2[CH2][Sn]1([c]1ccccc1)[c]1ccccc1. The molecule has 2 aliphatic rings. The number of hydrogen-bond donors (Lipinski definition) is 0. The van der Waals surface area contributed by atoms with Crippen molar-refractivity contribution in [2.75, 3.05) is 0 Å². The van der Waals surface area contributed by atoms with Gasteiger partial charge in [0.25, 0.3) is 0 Å². The first-order valence-corrected chi connectivity index (χ1v) is 19.7. The molecule has 2 heteroatoms. The monoisotopic (exact) mass is 454 g/mol. The molecule has 0 N–H and O–H groups in total. The minimum absolute atomic E-state index is 0.895. The standard InChI is InChI=1S/C11H20Si.2C6H5.Sn/c1-10-7-5-6-8-11(10)9-12(2,3)4;2*1-2-4-6-5-3-1;/h10H,1,5-8H2,2-4H3;2*1-5H;. The van der Waals surface area contributed by atoms with Gasteiger partial charge in [-0.3, -0.25) is 0 Å². The van der Waals surface area contributed by atoms with Crippen LogP contribution in [0.3, 0.4) is 0 Å². The summed E-state index contributed by atoms with van der Waals surface area (Å²) in [6, 6.07) is 23.4. The first-order valence-electron chi connectivity index (χ1n) is 9.88. The molecule has 2 aromatic rings. The summed E-state index contributed by atoms with van der Waals surface area (Å²) in [6.07, 6.45) is 5.70. The van der Waals surface area contributed by atoms with Crippen LogP contribution in [0.5, 0.6) is 0 Å². The van der Waals surface area contributed by atoms with Gasteiger partial charge >= 0.3 is 159 Å². The van der Waals surface area contributed by atoms with Crippen LogP contribution in [0.25, 0.3) is 0 Å². The fourth-order valence-corrected chi connectivity index (χ4v) is 36.6. The van der Waals surface area contributed by atoms with E-state index in [0.717, 1.165) is 5.92 Å². The Bertz CT molecular complexity index is 731. The zero-order valence-electron chi connectivity index (χ0n) is 15.9. The van der Waals surface area contributed by atoms with Gasteiger partial charge in [0.15, 0.2) is 0 Å². The molecule has 0 bridgehead atoms. The molecular formula is C23H30SiSn. The van der Waals surface area contributed by atoms with Crippen molar-refractivity contribution in [2.45, 2.75) is 49.8 Å². The van der Waals surface area contributed by atoms with Gasteiger partial charge in [0.05, 0.1) is 0 Å². The summed E-state index contributed by atoms with van der Waals surface area (Å²) in [6.45, 7) is 7.84. The molecule has 0 nitrogen and oxygen atoms in total. The van der Waals surface area contributed by atoms with Gasteiger partial charge < -0.3 is 0 Å². The van der Waals surface area contributed by atoms with Gasteiger partial charge in [-0.25, -0.2) is 0 Å². The first kappa shape index (κ1) is 17.6. The van der Waals surface area contributed by atoms with Crippen LogP contribution in [0.15, 0.2) is 69.4 Å². The molecule has 1 aliphatic carbocycles. The molecular weight excluding hydrogens is 423 g/mol. The zero-order valence-corrected chi connectivity index (χ0v) is 19.7. The van der Waals surface area contributed by atoms with E-state index < -0.39 is 26.5 Å². The Morgan fingerprint density at radius 1 is 0.800 bits per heavy atom. The summed E-state index contributed by atoms with van der Waals surface area (Å²) < 4.78 is 7.01. The summed E-state index contributed by atoms with van der Waals surface area (Å²) in [7, 11) is -1.36. The number of fused-ring (bicyclic) bond motifs is 1. The third-order valence-corrected chi connectivity index (χ3v) is 31.5. The van der Waals surface area contributed by atoms with Gasteiger partial charge in [0.1, 0.15) is 0 Å². The van der Waals surface area contributed by atoms with Crippen molar-refractivity contribution in [3.05, 3.63) is 69.4 Å². The van der Waals surface area contributed by atoms with Gasteiger partial charge in [0.2, 0.25) is 0 Å². The van der Waals surface area contributed by atoms with Gasteiger partial charge in [0, 0.05) is 0 Å². The summed E-state index contributed by atoms with van der Waals surface area (Å²) in [5.41, 5.74) is 1.94. The van der Waals surface area contributed by atoms with Gasteiger partial charge in [-0.1, -0.05) is 0 Å². The second kappa shape index (κ2) is 6.73. The molecule has 1 aliphatic heterocycles. The van der Waals surface area contributed by atoms with E-state index >= 15 is 0 Å². The molecule has 0 amide bonds. The molecule has 1 saturated carbocycles. The van der Waals surface area contributed by atoms with Crippen molar-refractivity contribution in [1.82, 2.24) is 0 Å². The van der Waals surface area contributed by atoms with Crippen LogP contribution in [0.1, 0.15) is 25.7 Å². The summed E-state index contributed by atoms with van der Waals surface area (Å²) in [5.74, 6) is 0.895. The van der Waals surface area contributed by atoms with Crippen molar-refractivity contribution in [3.63, 3.8) is 0 Å². The fourth-order valence-electron chi connectivity index (χ4n) is 5.64. The van der Waals surface area contributed by atoms with Gasteiger partial charge in [-0.2, -0.15) is 0 Å². The summed E-state index contributed by atoms with van der Waals surface area (Å²) in [4.78, 5) is 0. The van der Waals surface area contributed by atoms with Crippen LogP contribution >= 0.6 is 0 Å². The molecule has 1 fully saturated rings. The van der Waals surface area contributed by atoms with Crippen LogP contribution in [0.2, 0.25) is 24.1 Å². The van der Waals surface area contributed by atoms with Crippen molar-refractivity contribution < 1.29 is 0 Å². The topological polar surface area (TPSA) is 0 Å². The van der Waals surface area contributed by atoms with E-state index in [-0.39, 0.29) is 0 Å². The average molecular weight is 453 g/mol. The Morgan fingerprint density at radius 2 is 1.36 bits per heavy atom. The Labute approximate surface area is 158 Å². The number of benzene rings is 2. The van der Waals surface area contributed by atoms with E-state index in [0.29, 0.717) is 0 Å². The zero-order chi connectivity index (χ0) is 17.5. The molecule has 0 radical (unpaired) electrons. The maximum absolute atomic E-state index is 2.83. The summed E-state index contributed by atoms with van der Waals surface area (Å²) in [5, 5.41) is 0. The van der Waals surface area contributed by atoms with Gasteiger partial charge in [-0.05, 0) is 0 Å². The van der Waals surface area contributed by atoms with E-state index in [9.17, 15) is 0 Å². The number of hydrogen-bond acceptors (Lipinski definition) is 0. The molecule has 0 spiro atoms. The van der Waals surface area contributed by atoms with Crippen LogP contribution < -0.4 is 7.16 Å². The molecule has 25 heavy (non-hydrogen) atoms. The molecule has 4 rings (SSSR count). The molecule has 1 heterocycles. The fraction of sp³-hybridized carbons (Fsp3) is 0.391. The van der Waals surface area contributed by atoms with E-state index in [1.807, 2.05) is 5.57 Å². The number of rotatable bonds is 3. The number of allylic oxidation sites excluding steroid dienone is 1. The first-order chi connectivity index (χ1) is 12.0. The second-order valence-electron chi connectivity index (χ2n) is 8.93. The van der Waals surface area contributed by atoms with E-state index in [1.54, 1.807) is 7.16 Å². The molecule has 0 saturated heterocycles. The predicted octanol–water partition coefficient (Wildman–Crippen LogP) is 5.17. The van der Waals surface area contributed by atoms with Crippen LogP contribution in [-0.2, 0) is 0 Å². The van der Waals surface area contributed by atoms with E-state index in [1.165, 1.54) is 30.1 Å². The van der Waals surface area contributed by atoms with Crippen LogP contribution in [0, 0.1) is 5.92 Å². The van der Waals surface area contributed by atoms with Crippen LogP contribution in [0.4, 0.5) is 0 Å². The van der Waals surface area contributed by atoms with E-state index in [2.05, 4.69) is 83.5 Å². The third kappa shape index (κ3) is 2.97. The quantitative estimate of drug-likeness (QED) is 0.563. The second-order valence-corrected chi connectivity index (χ2v) is 26.4. The molecule has 1 atom stereocenters.